The molecule has 0 saturated heterocycles. The highest BCUT2D eigenvalue weighted by molar-refractivity contribution is 7.10. The van der Waals surface area contributed by atoms with Gasteiger partial charge in [-0.05, 0) is 41.5 Å². The molecule has 0 radical (unpaired) electrons. The first kappa shape index (κ1) is 13.3. The average Bonchev–Trinajstić information content (AvgIpc) is 2.81. The highest BCUT2D eigenvalue weighted by atomic mass is 32.1. The lowest BCUT2D eigenvalue weighted by Gasteiger charge is -2.19. The molecule has 0 fully saturated rings. The van der Waals surface area contributed by atoms with E-state index in [0.717, 1.165) is 6.42 Å². The molecular formula is C16H21NS. The minimum Gasteiger partial charge on any atom is -0.261 e. The second kappa shape index (κ2) is 5.23. The van der Waals surface area contributed by atoms with Gasteiger partial charge in [-0.3, -0.25) is 4.98 Å². The van der Waals surface area contributed by atoms with Crippen molar-refractivity contribution in [2.24, 2.45) is 0 Å². The largest absolute Gasteiger partial charge is 0.261 e. The predicted molar refractivity (Wildman–Crippen MR) is 79.4 cm³/mol. The highest BCUT2D eigenvalue weighted by Gasteiger charge is 2.16. The van der Waals surface area contributed by atoms with Crippen molar-refractivity contribution < 1.29 is 0 Å². The van der Waals surface area contributed by atoms with Crippen molar-refractivity contribution in [3.05, 3.63) is 52.0 Å². The number of hydrogen-bond acceptors (Lipinski definition) is 2. The van der Waals surface area contributed by atoms with Crippen molar-refractivity contribution in [3.63, 3.8) is 0 Å². The van der Waals surface area contributed by atoms with E-state index in [9.17, 15) is 0 Å². The zero-order valence-electron chi connectivity index (χ0n) is 11.6. The topological polar surface area (TPSA) is 12.9 Å². The first-order valence-corrected chi connectivity index (χ1v) is 7.33. The number of thiophene rings is 1. The summed E-state index contributed by atoms with van der Waals surface area (Å²) in [4.78, 5) is 5.95. The second-order valence-electron chi connectivity index (χ2n) is 5.92. The van der Waals surface area contributed by atoms with Crippen molar-refractivity contribution in [2.75, 3.05) is 0 Å². The van der Waals surface area contributed by atoms with Crippen molar-refractivity contribution in [1.82, 2.24) is 4.98 Å². The first-order valence-electron chi connectivity index (χ1n) is 6.45. The summed E-state index contributed by atoms with van der Waals surface area (Å²) in [5.74, 6) is 0.584. The smallest absolute Gasteiger partial charge is 0.0459 e. The Labute approximate surface area is 114 Å². The summed E-state index contributed by atoms with van der Waals surface area (Å²) in [5, 5.41) is 2.15. The lowest BCUT2D eigenvalue weighted by molar-refractivity contribution is 0.567. The van der Waals surface area contributed by atoms with E-state index < -0.39 is 0 Å². The van der Waals surface area contributed by atoms with Crippen LogP contribution in [0.1, 0.15) is 49.7 Å². The van der Waals surface area contributed by atoms with Gasteiger partial charge in [0.2, 0.25) is 0 Å². The zero-order chi connectivity index (χ0) is 13.2. The van der Waals surface area contributed by atoms with Crippen LogP contribution in [0.5, 0.6) is 0 Å². The molecule has 18 heavy (non-hydrogen) atoms. The Balaban J connectivity index is 2.15. The minimum atomic E-state index is 0.127. The van der Waals surface area contributed by atoms with Crippen LogP contribution in [0, 0.1) is 0 Å². The van der Waals surface area contributed by atoms with E-state index in [-0.39, 0.29) is 5.41 Å². The van der Waals surface area contributed by atoms with Gasteiger partial charge in [0.05, 0.1) is 0 Å². The Morgan fingerprint density at radius 2 is 2.06 bits per heavy atom. The van der Waals surface area contributed by atoms with Gasteiger partial charge in [-0.1, -0.05) is 33.8 Å². The second-order valence-corrected chi connectivity index (χ2v) is 6.90. The van der Waals surface area contributed by atoms with Gasteiger partial charge in [0.25, 0.3) is 0 Å². The third-order valence-electron chi connectivity index (χ3n) is 3.16. The molecule has 2 rings (SSSR count). The number of nitrogens with zero attached hydrogens (tertiary/aromatic N) is 1. The average molecular weight is 259 g/mol. The van der Waals surface area contributed by atoms with Crippen LogP contribution in [-0.4, -0.2) is 4.98 Å². The molecule has 0 spiro atoms. The zero-order valence-corrected chi connectivity index (χ0v) is 12.4. The summed E-state index contributed by atoms with van der Waals surface area (Å²) in [7, 11) is 0. The van der Waals surface area contributed by atoms with Gasteiger partial charge in [-0.15, -0.1) is 11.3 Å². The van der Waals surface area contributed by atoms with E-state index in [1.54, 1.807) is 0 Å². The molecule has 1 nitrogen and oxygen atoms in total. The van der Waals surface area contributed by atoms with Crippen LogP contribution in [0.15, 0.2) is 35.8 Å². The van der Waals surface area contributed by atoms with E-state index in [2.05, 4.69) is 62.3 Å². The summed E-state index contributed by atoms with van der Waals surface area (Å²) in [6, 6.07) is 8.74. The molecule has 1 atom stereocenters. The van der Waals surface area contributed by atoms with E-state index in [1.807, 2.05) is 17.5 Å². The summed E-state index contributed by atoms with van der Waals surface area (Å²) in [5.41, 5.74) is 2.69. The Kier molecular flexibility index (Phi) is 3.86. The summed E-state index contributed by atoms with van der Waals surface area (Å²) < 4.78 is 0. The predicted octanol–water partition coefficient (Wildman–Crippen LogP) is 4.79. The van der Waals surface area contributed by atoms with Gasteiger partial charge in [-0.2, -0.15) is 0 Å². The van der Waals surface area contributed by atoms with Gasteiger partial charge in [0, 0.05) is 22.2 Å². The van der Waals surface area contributed by atoms with Crippen molar-refractivity contribution in [2.45, 2.75) is 45.4 Å². The van der Waals surface area contributed by atoms with Crippen LogP contribution < -0.4 is 0 Å². The Hall–Kier alpha value is -1.15. The monoisotopic (exact) mass is 259 g/mol. The molecule has 0 aliphatic heterocycles. The Bertz CT molecular complexity index is 494. The van der Waals surface area contributed by atoms with Gasteiger partial charge >= 0.3 is 0 Å². The molecule has 0 N–H and O–H groups in total. The van der Waals surface area contributed by atoms with Gasteiger partial charge in [0.15, 0.2) is 0 Å². The molecule has 2 heteroatoms. The maximum absolute atomic E-state index is 4.48. The van der Waals surface area contributed by atoms with Gasteiger partial charge < -0.3 is 0 Å². The lowest BCUT2D eigenvalue weighted by atomic mass is 9.89. The molecule has 2 heterocycles. The normalized spacial score (nSPS) is 13.6. The summed E-state index contributed by atoms with van der Waals surface area (Å²) >= 11 is 1.84. The van der Waals surface area contributed by atoms with E-state index in [0.29, 0.717) is 5.92 Å². The van der Waals surface area contributed by atoms with E-state index in [4.69, 9.17) is 0 Å². The number of rotatable bonds is 3. The highest BCUT2D eigenvalue weighted by Crippen LogP contribution is 2.26. The van der Waals surface area contributed by atoms with Crippen LogP contribution in [0.25, 0.3) is 0 Å². The summed E-state index contributed by atoms with van der Waals surface area (Å²) in [6.45, 7) is 8.93. The van der Waals surface area contributed by atoms with Gasteiger partial charge in [0.1, 0.15) is 0 Å². The van der Waals surface area contributed by atoms with Gasteiger partial charge in [-0.25, -0.2) is 0 Å². The molecule has 0 aliphatic carbocycles. The van der Waals surface area contributed by atoms with Crippen LogP contribution in [-0.2, 0) is 11.8 Å². The standard InChI is InChI=1S/C16H21NS/c1-12(14-6-5-9-18-14)10-13-7-8-17-15(11-13)16(2,3)4/h5-9,11-12H,10H2,1-4H3. The Morgan fingerprint density at radius 1 is 1.28 bits per heavy atom. The Morgan fingerprint density at radius 3 is 2.67 bits per heavy atom. The molecule has 2 aromatic rings. The number of aromatic nitrogens is 1. The third kappa shape index (κ3) is 3.20. The molecular weight excluding hydrogens is 238 g/mol. The third-order valence-corrected chi connectivity index (χ3v) is 4.27. The number of pyridine rings is 1. The first-order chi connectivity index (χ1) is 8.47. The maximum Gasteiger partial charge on any atom is 0.0459 e. The lowest BCUT2D eigenvalue weighted by Crippen LogP contribution is -2.13. The van der Waals surface area contributed by atoms with Crippen molar-refractivity contribution in [1.29, 1.82) is 0 Å². The van der Waals surface area contributed by atoms with E-state index in [1.165, 1.54) is 16.1 Å². The molecule has 0 aromatic carbocycles. The van der Waals surface area contributed by atoms with Crippen LogP contribution in [0.4, 0.5) is 0 Å². The van der Waals surface area contributed by atoms with Crippen LogP contribution in [0.3, 0.4) is 0 Å². The van der Waals surface area contributed by atoms with E-state index >= 15 is 0 Å². The minimum absolute atomic E-state index is 0.127. The SMILES string of the molecule is CC(Cc1ccnc(C(C)(C)C)c1)c1cccs1. The molecule has 1 unspecified atom stereocenters. The molecule has 0 saturated carbocycles. The molecule has 0 bridgehead atoms. The van der Waals surface area contributed by atoms with Crippen LogP contribution >= 0.6 is 11.3 Å². The fourth-order valence-corrected chi connectivity index (χ4v) is 2.82. The number of hydrogen-bond donors (Lipinski definition) is 0. The van der Waals surface area contributed by atoms with Crippen molar-refractivity contribution in [3.8, 4) is 0 Å². The quantitative estimate of drug-likeness (QED) is 0.772. The van der Waals surface area contributed by atoms with Crippen LogP contribution in [0.2, 0.25) is 0 Å². The fourth-order valence-electron chi connectivity index (χ4n) is 2.04. The fraction of sp³-hybridized carbons (Fsp3) is 0.438. The van der Waals surface area contributed by atoms with Crippen molar-refractivity contribution >= 4 is 11.3 Å². The molecule has 0 amide bonds. The molecule has 0 aliphatic rings. The summed E-state index contributed by atoms with van der Waals surface area (Å²) in [6.07, 6.45) is 3.03. The molecule has 96 valence electrons. The molecule has 2 aromatic heterocycles. The maximum atomic E-state index is 4.48.